The topological polar surface area (TPSA) is 57.4 Å². The molecule has 0 bridgehead atoms. The minimum atomic E-state index is 0.222. The Kier molecular flexibility index (Phi) is 5.34. The summed E-state index contributed by atoms with van der Waals surface area (Å²) in [5, 5.41) is 3.60. The molecule has 20 heavy (non-hydrogen) atoms. The summed E-state index contributed by atoms with van der Waals surface area (Å²) in [5.41, 5.74) is 7.21. The highest BCUT2D eigenvalue weighted by molar-refractivity contribution is 5.41. The van der Waals surface area contributed by atoms with Crippen molar-refractivity contribution in [1.82, 2.24) is 20.1 Å². The van der Waals surface area contributed by atoms with Crippen molar-refractivity contribution in [2.75, 3.05) is 46.0 Å². The van der Waals surface area contributed by atoms with E-state index in [9.17, 15) is 0 Å². The second-order valence-corrected chi connectivity index (χ2v) is 5.68. The summed E-state index contributed by atoms with van der Waals surface area (Å²) in [6, 6.07) is 4.69. The van der Waals surface area contributed by atoms with Crippen LogP contribution in [0.4, 0.5) is 5.82 Å². The third-order valence-corrected chi connectivity index (χ3v) is 4.13. The highest BCUT2D eigenvalue weighted by Crippen LogP contribution is 2.26. The molecule has 1 aliphatic heterocycles. The van der Waals surface area contributed by atoms with E-state index in [4.69, 9.17) is 5.73 Å². The summed E-state index contributed by atoms with van der Waals surface area (Å²) >= 11 is 0. The molecule has 0 spiro atoms. The molecular weight excluding hydrogens is 250 g/mol. The number of nitrogen functional groups attached to an aromatic ring is 1. The van der Waals surface area contributed by atoms with Crippen LogP contribution < -0.4 is 11.1 Å². The van der Waals surface area contributed by atoms with Gasteiger partial charge in [0.2, 0.25) is 0 Å². The standard InChI is InChI=1S/C15H27N5/c1-4-17-14(12-7-5-8-18-15(12)16)13-11-19(2)9-6-10-20(13)3/h5,7-8,13-14,17H,4,6,9-11H2,1-3H3,(H2,16,18). The van der Waals surface area contributed by atoms with Gasteiger partial charge >= 0.3 is 0 Å². The number of rotatable bonds is 4. The summed E-state index contributed by atoms with van der Waals surface area (Å²) in [6.45, 7) is 6.38. The summed E-state index contributed by atoms with van der Waals surface area (Å²) in [7, 11) is 4.41. The highest BCUT2D eigenvalue weighted by Gasteiger charge is 2.30. The van der Waals surface area contributed by atoms with Gasteiger partial charge in [-0.25, -0.2) is 4.98 Å². The van der Waals surface area contributed by atoms with Crippen LogP contribution in [0.2, 0.25) is 0 Å². The SMILES string of the molecule is CCNC(c1cccnc1N)C1CN(C)CCCN1C. The molecule has 3 N–H and O–H groups in total. The minimum absolute atomic E-state index is 0.222. The van der Waals surface area contributed by atoms with Crippen LogP contribution in [-0.2, 0) is 0 Å². The average Bonchev–Trinajstić information content (AvgIpc) is 2.59. The van der Waals surface area contributed by atoms with Gasteiger partial charge < -0.3 is 20.9 Å². The molecule has 2 unspecified atom stereocenters. The van der Waals surface area contributed by atoms with Gasteiger partial charge in [-0.15, -0.1) is 0 Å². The second kappa shape index (κ2) is 7.02. The lowest BCUT2D eigenvalue weighted by Gasteiger charge is -2.35. The van der Waals surface area contributed by atoms with Gasteiger partial charge in [0.05, 0.1) is 6.04 Å². The first-order valence-corrected chi connectivity index (χ1v) is 7.46. The van der Waals surface area contributed by atoms with Crippen LogP contribution in [0.15, 0.2) is 18.3 Å². The summed E-state index contributed by atoms with van der Waals surface area (Å²) in [5.74, 6) is 0.638. The van der Waals surface area contributed by atoms with E-state index in [2.05, 4.69) is 47.2 Å². The largest absolute Gasteiger partial charge is 0.383 e. The molecule has 2 rings (SSSR count). The lowest BCUT2D eigenvalue weighted by molar-refractivity contribution is 0.179. The Balaban J connectivity index is 2.28. The average molecular weight is 277 g/mol. The van der Waals surface area contributed by atoms with Crippen molar-refractivity contribution in [1.29, 1.82) is 0 Å². The van der Waals surface area contributed by atoms with Crippen LogP contribution >= 0.6 is 0 Å². The predicted octanol–water partition coefficient (Wildman–Crippen LogP) is 0.950. The number of hydrogen-bond acceptors (Lipinski definition) is 5. The fraction of sp³-hybridized carbons (Fsp3) is 0.667. The van der Waals surface area contributed by atoms with Crippen LogP contribution in [0.3, 0.4) is 0 Å². The van der Waals surface area contributed by atoms with Crippen molar-refractivity contribution in [3.8, 4) is 0 Å². The molecule has 1 aliphatic rings. The zero-order valence-electron chi connectivity index (χ0n) is 12.8. The Morgan fingerprint density at radius 1 is 1.45 bits per heavy atom. The first kappa shape index (κ1) is 15.2. The number of likely N-dealkylation sites (N-methyl/N-ethyl adjacent to an activating group) is 3. The Morgan fingerprint density at radius 2 is 2.25 bits per heavy atom. The fourth-order valence-corrected chi connectivity index (χ4v) is 3.03. The van der Waals surface area contributed by atoms with Gasteiger partial charge in [0, 0.05) is 24.3 Å². The lowest BCUT2D eigenvalue weighted by Crippen LogP contribution is -2.47. The molecule has 0 radical (unpaired) electrons. The van der Waals surface area contributed by atoms with Crippen LogP contribution in [0.5, 0.6) is 0 Å². The van der Waals surface area contributed by atoms with Crippen molar-refractivity contribution >= 4 is 5.82 Å². The maximum atomic E-state index is 6.09. The van der Waals surface area contributed by atoms with Gasteiger partial charge in [-0.05, 0) is 46.2 Å². The number of hydrogen-bond donors (Lipinski definition) is 2. The second-order valence-electron chi connectivity index (χ2n) is 5.68. The third-order valence-electron chi connectivity index (χ3n) is 4.13. The first-order chi connectivity index (χ1) is 9.63. The fourth-order valence-electron chi connectivity index (χ4n) is 3.03. The first-order valence-electron chi connectivity index (χ1n) is 7.46. The van der Waals surface area contributed by atoms with E-state index in [1.807, 2.05) is 6.07 Å². The van der Waals surface area contributed by atoms with Gasteiger partial charge in [0.1, 0.15) is 5.82 Å². The van der Waals surface area contributed by atoms with Gasteiger partial charge in [0.25, 0.3) is 0 Å². The summed E-state index contributed by atoms with van der Waals surface area (Å²) in [4.78, 5) is 9.11. The number of pyridine rings is 1. The molecule has 5 heteroatoms. The molecule has 0 amide bonds. The summed E-state index contributed by atoms with van der Waals surface area (Å²) in [6.07, 6.45) is 2.97. The molecule has 112 valence electrons. The number of aromatic nitrogens is 1. The van der Waals surface area contributed by atoms with Crippen LogP contribution in [0, 0.1) is 0 Å². The number of nitrogens with zero attached hydrogens (tertiary/aromatic N) is 3. The molecule has 2 atom stereocenters. The number of anilines is 1. The maximum Gasteiger partial charge on any atom is 0.128 e. The summed E-state index contributed by atoms with van der Waals surface area (Å²) < 4.78 is 0. The molecule has 5 nitrogen and oxygen atoms in total. The zero-order valence-corrected chi connectivity index (χ0v) is 12.8. The molecule has 0 saturated carbocycles. The van der Waals surface area contributed by atoms with Gasteiger partial charge in [-0.3, -0.25) is 0 Å². The van der Waals surface area contributed by atoms with E-state index >= 15 is 0 Å². The predicted molar refractivity (Wildman–Crippen MR) is 83.6 cm³/mol. The van der Waals surface area contributed by atoms with E-state index in [1.54, 1.807) is 6.20 Å². The van der Waals surface area contributed by atoms with Crippen LogP contribution in [0.25, 0.3) is 0 Å². The molecular formula is C15H27N5. The van der Waals surface area contributed by atoms with E-state index in [1.165, 1.54) is 6.42 Å². The molecule has 1 fully saturated rings. The molecule has 2 heterocycles. The van der Waals surface area contributed by atoms with E-state index < -0.39 is 0 Å². The number of nitrogens with one attached hydrogen (secondary N) is 1. The van der Waals surface area contributed by atoms with Crippen LogP contribution in [-0.4, -0.2) is 61.1 Å². The van der Waals surface area contributed by atoms with E-state index in [-0.39, 0.29) is 6.04 Å². The van der Waals surface area contributed by atoms with E-state index in [0.29, 0.717) is 11.9 Å². The quantitative estimate of drug-likeness (QED) is 0.858. The van der Waals surface area contributed by atoms with Gasteiger partial charge in [-0.1, -0.05) is 13.0 Å². The molecule has 0 aliphatic carbocycles. The van der Waals surface area contributed by atoms with Crippen molar-refractivity contribution in [3.63, 3.8) is 0 Å². The third kappa shape index (κ3) is 3.48. The van der Waals surface area contributed by atoms with Gasteiger partial charge in [0.15, 0.2) is 0 Å². The van der Waals surface area contributed by atoms with Gasteiger partial charge in [-0.2, -0.15) is 0 Å². The molecule has 1 aromatic heterocycles. The van der Waals surface area contributed by atoms with E-state index in [0.717, 1.165) is 31.7 Å². The normalized spacial score (nSPS) is 23.4. The Labute approximate surface area is 122 Å². The Hall–Kier alpha value is -1.17. The Morgan fingerprint density at radius 3 is 2.95 bits per heavy atom. The van der Waals surface area contributed by atoms with Crippen molar-refractivity contribution in [2.24, 2.45) is 0 Å². The monoisotopic (exact) mass is 277 g/mol. The zero-order chi connectivity index (χ0) is 14.5. The maximum absolute atomic E-state index is 6.09. The molecule has 1 saturated heterocycles. The smallest absolute Gasteiger partial charge is 0.128 e. The van der Waals surface area contributed by atoms with Crippen molar-refractivity contribution in [2.45, 2.75) is 25.4 Å². The van der Waals surface area contributed by atoms with Crippen molar-refractivity contribution in [3.05, 3.63) is 23.9 Å². The molecule has 1 aromatic rings. The highest BCUT2D eigenvalue weighted by atomic mass is 15.2. The lowest BCUT2D eigenvalue weighted by atomic mass is 9.98. The Bertz CT molecular complexity index is 422. The molecule has 0 aromatic carbocycles. The minimum Gasteiger partial charge on any atom is -0.383 e. The number of nitrogens with two attached hydrogens (primary N) is 1. The van der Waals surface area contributed by atoms with Crippen molar-refractivity contribution < 1.29 is 0 Å². The van der Waals surface area contributed by atoms with Crippen LogP contribution in [0.1, 0.15) is 24.9 Å².